The molecule has 0 aliphatic carbocycles. The predicted octanol–water partition coefficient (Wildman–Crippen LogP) is 5.92. The van der Waals surface area contributed by atoms with Gasteiger partial charge >= 0.3 is 0 Å². The van der Waals surface area contributed by atoms with E-state index in [1.807, 2.05) is 18.2 Å². The predicted molar refractivity (Wildman–Crippen MR) is 98.3 cm³/mol. The molecule has 0 bridgehead atoms. The van der Waals surface area contributed by atoms with Crippen molar-refractivity contribution in [2.75, 3.05) is 13.2 Å². The molecule has 0 aromatic heterocycles. The SMILES string of the molecule is CC(C)(C)CCOc1cccc(OCCC(C)(C)C)c1I. The number of hydrogen-bond acceptors (Lipinski definition) is 2. The van der Waals surface area contributed by atoms with Crippen LogP contribution in [0.3, 0.4) is 0 Å². The number of halogens is 1. The molecular formula is C18H29IO2. The molecule has 0 spiro atoms. The van der Waals surface area contributed by atoms with Crippen molar-refractivity contribution in [3.8, 4) is 11.5 Å². The standard InChI is InChI=1S/C18H29IO2/c1-17(2,3)10-12-20-14-8-7-9-15(16(14)19)21-13-11-18(4,5)6/h7-9H,10-13H2,1-6H3. The van der Waals surface area contributed by atoms with E-state index in [0.29, 0.717) is 10.8 Å². The minimum atomic E-state index is 0.298. The summed E-state index contributed by atoms with van der Waals surface area (Å²) in [7, 11) is 0. The van der Waals surface area contributed by atoms with Crippen LogP contribution >= 0.6 is 22.6 Å². The van der Waals surface area contributed by atoms with E-state index in [0.717, 1.165) is 41.1 Å². The summed E-state index contributed by atoms with van der Waals surface area (Å²) in [5.41, 5.74) is 0.596. The summed E-state index contributed by atoms with van der Waals surface area (Å²) in [5.74, 6) is 1.85. The first-order chi connectivity index (χ1) is 9.58. The van der Waals surface area contributed by atoms with Gasteiger partial charge in [0.05, 0.1) is 16.8 Å². The number of benzene rings is 1. The highest BCUT2D eigenvalue weighted by molar-refractivity contribution is 14.1. The average Bonchev–Trinajstić information content (AvgIpc) is 2.30. The second-order valence-electron chi connectivity index (χ2n) is 7.89. The van der Waals surface area contributed by atoms with Gasteiger partial charge in [0.25, 0.3) is 0 Å². The summed E-state index contributed by atoms with van der Waals surface area (Å²) < 4.78 is 12.9. The van der Waals surface area contributed by atoms with Gasteiger partial charge in [-0.15, -0.1) is 0 Å². The Bertz CT molecular complexity index is 403. The maximum Gasteiger partial charge on any atom is 0.136 e. The van der Waals surface area contributed by atoms with Gasteiger partial charge in [-0.25, -0.2) is 0 Å². The van der Waals surface area contributed by atoms with Crippen molar-refractivity contribution in [3.63, 3.8) is 0 Å². The number of ether oxygens (including phenoxy) is 2. The maximum absolute atomic E-state index is 5.91. The lowest BCUT2D eigenvalue weighted by Crippen LogP contribution is -2.12. The minimum Gasteiger partial charge on any atom is -0.492 e. The van der Waals surface area contributed by atoms with Crippen LogP contribution in [0.15, 0.2) is 18.2 Å². The molecule has 3 heteroatoms. The zero-order chi connectivity index (χ0) is 16.1. The molecular weight excluding hydrogens is 375 g/mol. The molecule has 0 radical (unpaired) electrons. The fourth-order valence-corrected chi connectivity index (χ4v) is 2.32. The van der Waals surface area contributed by atoms with Crippen molar-refractivity contribution in [1.29, 1.82) is 0 Å². The van der Waals surface area contributed by atoms with Crippen molar-refractivity contribution in [2.45, 2.75) is 54.4 Å². The van der Waals surface area contributed by atoms with Gasteiger partial charge in [0, 0.05) is 0 Å². The Morgan fingerprint density at radius 3 is 1.52 bits per heavy atom. The second kappa shape index (κ2) is 7.70. The van der Waals surface area contributed by atoms with Crippen LogP contribution in [0.5, 0.6) is 11.5 Å². The molecule has 1 aromatic rings. The van der Waals surface area contributed by atoms with Crippen molar-refractivity contribution in [2.24, 2.45) is 10.8 Å². The third-order valence-electron chi connectivity index (χ3n) is 3.15. The molecule has 0 atom stereocenters. The molecule has 0 amide bonds. The Labute approximate surface area is 143 Å². The van der Waals surface area contributed by atoms with E-state index in [1.54, 1.807) is 0 Å². The topological polar surface area (TPSA) is 18.5 Å². The van der Waals surface area contributed by atoms with E-state index in [2.05, 4.69) is 64.1 Å². The Hall–Kier alpha value is -0.450. The third kappa shape index (κ3) is 7.93. The van der Waals surface area contributed by atoms with Crippen LogP contribution in [0.4, 0.5) is 0 Å². The smallest absolute Gasteiger partial charge is 0.136 e. The first kappa shape index (κ1) is 18.6. The summed E-state index contributed by atoms with van der Waals surface area (Å²) >= 11 is 2.31. The average molecular weight is 404 g/mol. The van der Waals surface area contributed by atoms with Crippen LogP contribution in [0.1, 0.15) is 54.4 Å². The number of hydrogen-bond donors (Lipinski definition) is 0. The van der Waals surface area contributed by atoms with E-state index in [9.17, 15) is 0 Å². The van der Waals surface area contributed by atoms with Crippen LogP contribution in [-0.4, -0.2) is 13.2 Å². The highest BCUT2D eigenvalue weighted by Crippen LogP contribution is 2.31. The van der Waals surface area contributed by atoms with Crippen LogP contribution in [-0.2, 0) is 0 Å². The lowest BCUT2D eigenvalue weighted by molar-refractivity contribution is 0.231. The van der Waals surface area contributed by atoms with E-state index in [4.69, 9.17) is 9.47 Å². The Kier molecular flexibility index (Phi) is 6.82. The Morgan fingerprint density at radius 2 is 1.19 bits per heavy atom. The molecule has 21 heavy (non-hydrogen) atoms. The molecule has 2 nitrogen and oxygen atoms in total. The van der Waals surface area contributed by atoms with Gasteiger partial charge in [0.1, 0.15) is 11.5 Å². The Balaban J connectivity index is 2.57. The van der Waals surface area contributed by atoms with Gasteiger partial charge < -0.3 is 9.47 Å². The largest absolute Gasteiger partial charge is 0.492 e. The Morgan fingerprint density at radius 1 is 0.810 bits per heavy atom. The van der Waals surface area contributed by atoms with Crippen LogP contribution in [0.2, 0.25) is 0 Å². The fraction of sp³-hybridized carbons (Fsp3) is 0.667. The quantitative estimate of drug-likeness (QED) is 0.548. The lowest BCUT2D eigenvalue weighted by atomic mass is 9.93. The molecule has 120 valence electrons. The van der Waals surface area contributed by atoms with Crippen LogP contribution in [0.25, 0.3) is 0 Å². The van der Waals surface area contributed by atoms with Gasteiger partial charge in [-0.2, -0.15) is 0 Å². The summed E-state index contributed by atoms with van der Waals surface area (Å²) in [6.45, 7) is 14.9. The molecule has 0 unspecified atom stereocenters. The molecule has 0 saturated carbocycles. The monoisotopic (exact) mass is 404 g/mol. The van der Waals surface area contributed by atoms with Crippen LogP contribution < -0.4 is 9.47 Å². The first-order valence-corrected chi connectivity index (χ1v) is 8.70. The lowest BCUT2D eigenvalue weighted by Gasteiger charge is -2.20. The van der Waals surface area contributed by atoms with E-state index in [1.165, 1.54) is 0 Å². The third-order valence-corrected chi connectivity index (χ3v) is 4.21. The van der Waals surface area contributed by atoms with Gasteiger partial charge in [-0.3, -0.25) is 0 Å². The summed E-state index contributed by atoms with van der Waals surface area (Å²) in [4.78, 5) is 0. The molecule has 0 fully saturated rings. The van der Waals surface area contributed by atoms with Crippen molar-refractivity contribution in [1.82, 2.24) is 0 Å². The maximum atomic E-state index is 5.91. The summed E-state index contributed by atoms with van der Waals surface area (Å²) in [6.07, 6.45) is 2.08. The zero-order valence-electron chi connectivity index (χ0n) is 14.3. The normalized spacial score (nSPS) is 12.3. The second-order valence-corrected chi connectivity index (χ2v) is 8.97. The van der Waals surface area contributed by atoms with Crippen LogP contribution in [0, 0.1) is 14.4 Å². The molecule has 1 aromatic carbocycles. The molecule has 1 rings (SSSR count). The molecule has 0 aliphatic rings. The molecule has 0 aliphatic heterocycles. The highest BCUT2D eigenvalue weighted by atomic mass is 127. The van der Waals surface area contributed by atoms with Crippen molar-refractivity contribution < 1.29 is 9.47 Å². The minimum absolute atomic E-state index is 0.298. The summed E-state index contributed by atoms with van der Waals surface area (Å²) in [6, 6.07) is 6.03. The van der Waals surface area contributed by atoms with Crippen molar-refractivity contribution in [3.05, 3.63) is 21.8 Å². The molecule has 0 N–H and O–H groups in total. The molecule has 0 heterocycles. The first-order valence-electron chi connectivity index (χ1n) is 7.63. The van der Waals surface area contributed by atoms with Gasteiger partial charge in [0.2, 0.25) is 0 Å². The van der Waals surface area contributed by atoms with E-state index in [-0.39, 0.29) is 0 Å². The van der Waals surface area contributed by atoms with E-state index >= 15 is 0 Å². The number of rotatable bonds is 6. The van der Waals surface area contributed by atoms with Crippen molar-refractivity contribution >= 4 is 22.6 Å². The van der Waals surface area contributed by atoms with Gasteiger partial charge in [0.15, 0.2) is 0 Å². The fourth-order valence-electron chi connectivity index (χ4n) is 1.65. The molecule has 0 saturated heterocycles. The summed E-state index contributed by atoms with van der Waals surface area (Å²) in [5, 5.41) is 0. The van der Waals surface area contributed by atoms with Gasteiger partial charge in [-0.1, -0.05) is 47.6 Å². The van der Waals surface area contributed by atoms with Gasteiger partial charge in [-0.05, 0) is 58.4 Å². The van der Waals surface area contributed by atoms with E-state index < -0.39 is 0 Å². The highest BCUT2D eigenvalue weighted by Gasteiger charge is 2.14. The zero-order valence-corrected chi connectivity index (χ0v) is 16.4.